The predicted octanol–water partition coefficient (Wildman–Crippen LogP) is -2.30. The number of amides is 3. The zero-order valence-electron chi connectivity index (χ0n) is 33.8. The van der Waals surface area contributed by atoms with Gasteiger partial charge in [-0.1, -0.05) is 24.3 Å². The van der Waals surface area contributed by atoms with E-state index in [-0.39, 0.29) is 49.5 Å². The Balaban J connectivity index is 1.21. The maximum atomic E-state index is 16.6. The van der Waals surface area contributed by atoms with Gasteiger partial charge >= 0.3 is 0 Å². The monoisotopic (exact) mass is 890 g/mol. The van der Waals surface area contributed by atoms with Gasteiger partial charge in [-0.3, -0.25) is 19.1 Å². The Hall–Kier alpha value is -4.34. The van der Waals surface area contributed by atoms with Crippen LogP contribution in [-0.4, -0.2) is 161 Å². The molecular formula is C39H51FN6O15Si. The molecule has 1 aromatic heterocycles. The molecule has 0 aliphatic carbocycles. The number of hydrogen-bond acceptors (Lipinski definition) is 17. The first-order valence-electron chi connectivity index (χ1n) is 20.1. The van der Waals surface area contributed by atoms with Crippen LogP contribution in [0.25, 0.3) is 0 Å². The van der Waals surface area contributed by atoms with Crippen LogP contribution in [0.2, 0.25) is 18.6 Å². The summed E-state index contributed by atoms with van der Waals surface area (Å²) in [6.45, 7) is 4.78. The molecule has 0 saturated carbocycles. The molecule has 3 fully saturated rings. The van der Waals surface area contributed by atoms with Gasteiger partial charge in [-0.05, 0) is 55.4 Å². The summed E-state index contributed by atoms with van der Waals surface area (Å²) in [4.78, 5) is 43.1. The molecule has 0 unspecified atom stereocenters. The van der Waals surface area contributed by atoms with E-state index in [1.807, 2.05) is 0 Å². The number of nitrogens with one attached hydrogen (secondary N) is 2. The molecule has 3 saturated heterocycles. The van der Waals surface area contributed by atoms with E-state index in [2.05, 4.69) is 20.9 Å². The van der Waals surface area contributed by atoms with Crippen molar-refractivity contribution in [2.75, 3.05) is 22.1 Å². The maximum Gasteiger partial charge on any atom is 0.264 e. The Morgan fingerprint density at radius 1 is 0.855 bits per heavy atom. The average Bonchev–Trinajstić information content (AvgIpc) is 3.87. The molecule has 3 aromatic rings. The Labute approximate surface area is 354 Å². The van der Waals surface area contributed by atoms with E-state index in [9.17, 15) is 55.5 Å². The second-order valence-electron chi connectivity index (χ2n) is 16.6. The first-order valence-corrected chi connectivity index (χ1v) is 23.0. The number of carbonyl (C=O) groups is 3. The lowest BCUT2D eigenvalue weighted by Gasteiger charge is -2.37. The van der Waals surface area contributed by atoms with E-state index in [1.54, 1.807) is 29.9 Å². The van der Waals surface area contributed by atoms with Crippen molar-refractivity contribution < 1.29 is 78.7 Å². The number of hydrogen-bond donors (Lipinski definition) is 11. The fourth-order valence-corrected chi connectivity index (χ4v) is 11.5. The van der Waals surface area contributed by atoms with E-state index in [4.69, 9.17) is 14.2 Å². The SMILES string of the molecule is C[C@@H]1[C@@H]([Si](C)(C)F)[C@H](CCn2cc(CCO)nn2)O[C@@]12C(=O)N(Cc1cccc(NC(=O)[C@H]3O[C@@H](O)[C@H](O)[C@@H](O)[C@@H]3O)c1)c1ccc(NC(=O)[C@H]3O[C@@H](O)[C@H](O)[C@@H](O)[C@@H]3O)cc12. The molecule has 5 heterocycles. The van der Waals surface area contributed by atoms with Crippen LogP contribution in [0.5, 0.6) is 0 Å². The zero-order chi connectivity index (χ0) is 45.0. The van der Waals surface area contributed by atoms with E-state index in [0.29, 0.717) is 16.9 Å². The number of aliphatic hydroxyl groups is 9. The summed E-state index contributed by atoms with van der Waals surface area (Å²) >= 11 is 0. The molecule has 0 bridgehead atoms. The minimum absolute atomic E-state index is 0.0832. The van der Waals surface area contributed by atoms with Crippen LogP contribution in [0.4, 0.5) is 21.2 Å². The van der Waals surface area contributed by atoms with Gasteiger partial charge in [-0.15, -0.1) is 5.10 Å². The molecule has 2 aromatic carbocycles. The summed E-state index contributed by atoms with van der Waals surface area (Å²) in [5.74, 6) is -3.28. The highest BCUT2D eigenvalue weighted by Gasteiger charge is 2.66. The Kier molecular flexibility index (Phi) is 13.0. The number of rotatable bonds is 12. The first-order chi connectivity index (χ1) is 29.3. The molecule has 21 nitrogen and oxygen atoms in total. The summed E-state index contributed by atoms with van der Waals surface area (Å²) in [5, 5.41) is 104. The third-order valence-electron chi connectivity index (χ3n) is 12.1. The molecule has 7 rings (SSSR count). The highest BCUT2D eigenvalue weighted by molar-refractivity contribution is 6.72. The van der Waals surface area contributed by atoms with Crippen LogP contribution in [0.1, 0.15) is 30.2 Å². The minimum atomic E-state index is -3.65. The van der Waals surface area contributed by atoms with Gasteiger partial charge in [0, 0.05) is 54.2 Å². The van der Waals surface area contributed by atoms with Crippen molar-refractivity contribution in [3.63, 3.8) is 0 Å². The topological polar surface area (TPSA) is 319 Å². The van der Waals surface area contributed by atoms with Gasteiger partial charge in [0.15, 0.2) is 30.4 Å². The second kappa shape index (κ2) is 17.7. The third kappa shape index (κ3) is 8.40. The van der Waals surface area contributed by atoms with E-state index in [0.717, 1.165) is 0 Å². The fourth-order valence-electron chi connectivity index (χ4n) is 9.00. The summed E-state index contributed by atoms with van der Waals surface area (Å²) < 4.78 is 35.1. The Morgan fingerprint density at radius 3 is 2.03 bits per heavy atom. The fraction of sp³-hybridized carbons (Fsp3) is 0.564. The number of ether oxygens (including phenoxy) is 3. The van der Waals surface area contributed by atoms with Gasteiger partial charge in [-0.25, -0.2) is 0 Å². The van der Waals surface area contributed by atoms with Crippen molar-refractivity contribution in [1.29, 1.82) is 0 Å². The molecule has 4 aliphatic heterocycles. The lowest BCUT2D eigenvalue weighted by molar-refractivity contribution is -0.274. The lowest BCUT2D eigenvalue weighted by Crippen LogP contribution is -2.60. The van der Waals surface area contributed by atoms with Crippen LogP contribution < -0.4 is 15.5 Å². The summed E-state index contributed by atoms with van der Waals surface area (Å²) in [7, 11) is -3.65. The minimum Gasteiger partial charge on any atom is -0.396 e. The molecule has 1 spiro atoms. The number of aromatic nitrogens is 3. The number of nitrogens with zero attached hydrogens (tertiary/aromatic N) is 4. The maximum absolute atomic E-state index is 16.6. The van der Waals surface area contributed by atoms with Crippen molar-refractivity contribution in [2.45, 2.75) is 125 Å². The van der Waals surface area contributed by atoms with Crippen molar-refractivity contribution >= 4 is 43.2 Å². The zero-order valence-corrected chi connectivity index (χ0v) is 34.8. The van der Waals surface area contributed by atoms with Crippen molar-refractivity contribution in [3.05, 3.63) is 65.5 Å². The van der Waals surface area contributed by atoms with Crippen LogP contribution in [0.15, 0.2) is 48.7 Å². The average molecular weight is 891 g/mol. The highest BCUT2D eigenvalue weighted by atomic mass is 28.4. The van der Waals surface area contributed by atoms with Gasteiger partial charge in [0.1, 0.15) is 36.6 Å². The molecule has 11 N–H and O–H groups in total. The molecule has 62 heavy (non-hydrogen) atoms. The molecule has 4 aliphatic rings. The van der Waals surface area contributed by atoms with Crippen molar-refractivity contribution in [2.24, 2.45) is 5.92 Å². The van der Waals surface area contributed by atoms with Gasteiger partial charge in [0.25, 0.3) is 17.7 Å². The third-order valence-corrected chi connectivity index (χ3v) is 14.5. The largest absolute Gasteiger partial charge is 0.396 e. The lowest BCUT2D eigenvalue weighted by atomic mass is 9.82. The predicted molar refractivity (Wildman–Crippen MR) is 213 cm³/mol. The number of carbonyl (C=O) groups excluding carboxylic acids is 3. The smallest absolute Gasteiger partial charge is 0.264 e. The van der Waals surface area contributed by atoms with Crippen LogP contribution in [0, 0.1) is 5.92 Å². The van der Waals surface area contributed by atoms with Crippen LogP contribution in [-0.2, 0) is 53.7 Å². The molecule has 3 amide bonds. The molecule has 0 radical (unpaired) electrons. The van der Waals surface area contributed by atoms with E-state index >= 15 is 8.90 Å². The first kappa shape index (κ1) is 45.7. The van der Waals surface area contributed by atoms with Crippen molar-refractivity contribution in [3.8, 4) is 0 Å². The number of benzene rings is 2. The van der Waals surface area contributed by atoms with Gasteiger partial charge < -0.3 is 79.8 Å². The van der Waals surface area contributed by atoms with Gasteiger partial charge in [-0.2, -0.15) is 0 Å². The Bertz CT molecular complexity index is 2150. The van der Waals surface area contributed by atoms with Crippen LogP contribution in [0.3, 0.4) is 0 Å². The number of fused-ring (bicyclic) bond motifs is 2. The number of aliphatic hydroxyl groups excluding tert-OH is 9. The van der Waals surface area contributed by atoms with E-state index < -0.39 is 111 Å². The normalized spacial score (nSPS) is 34.7. The molecule has 14 atom stereocenters. The van der Waals surface area contributed by atoms with Crippen LogP contribution >= 0.6 is 0 Å². The molecule has 338 valence electrons. The number of halogens is 1. The number of aryl methyl sites for hydroxylation is 1. The Morgan fingerprint density at radius 2 is 1.45 bits per heavy atom. The summed E-state index contributed by atoms with van der Waals surface area (Å²) in [6.07, 6.45) is -17.4. The van der Waals surface area contributed by atoms with Gasteiger partial charge in [0.2, 0.25) is 8.41 Å². The standard InChI is InChI=1S/C39H51FN6O15Si/c1-17-33(62(2,3)40)24(9-11-45-16-21(10-12-47)43-44-45)61-39(17)22-14-20(42-35(55)32-28(51)26(49)30(53)37(57)60-32)7-8-23(22)46(38(39)58)15-18-5-4-6-19(13-18)41-34(54)31-27(50)25(48)29(52)36(56)59-31/h4-8,13-14,16-17,24-33,36-37,47-53,56-57H,9-12,15H2,1-3H3,(H,41,54)(H,42,55)/t17-,24+,25+,26+,27+,28+,29-,30-,31+,32+,33-,36-,37-,39+/m1/s1. The molecule has 23 heteroatoms. The van der Waals surface area contributed by atoms with Gasteiger partial charge in [0.05, 0.1) is 24.0 Å². The van der Waals surface area contributed by atoms with Crippen molar-refractivity contribution in [1.82, 2.24) is 15.0 Å². The molecular weight excluding hydrogens is 840 g/mol. The summed E-state index contributed by atoms with van der Waals surface area (Å²) in [5.41, 5.74) is -0.651. The van der Waals surface area contributed by atoms with E-state index in [1.165, 1.54) is 48.3 Å². The highest BCUT2D eigenvalue weighted by Crippen LogP contribution is 2.60. The number of anilines is 3. The second-order valence-corrected chi connectivity index (χ2v) is 20.4. The summed E-state index contributed by atoms with van der Waals surface area (Å²) in [6, 6.07) is 10.8. The quantitative estimate of drug-likeness (QED) is 0.0673.